The quantitative estimate of drug-likeness (QED) is 0.895. The van der Waals surface area contributed by atoms with E-state index < -0.39 is 0 Å². The predicted molar refractivity (Wildman–Crippen MR) is 76.6 cm³/mol. The summed E-state index contributed by atoms with van der Waals surface area (Å²) in [5, 5.41) is 0. The second-order valence-electron chi connectivity index (χ2n) is 4.40. The van der Waals surface area contributed by atoms with E-state index in [0.29, 0.717) is 6.54 Å². The van der Waals surface area contributed by atoms with Crippen LogP contribution in [0.15, 0.2) is 48.5 Å². The first-order valence-electron chi connectivity index (χ1n) is 6.31. The number of hydrogen-bond acceptors (Lipinski definition) is 3. The number of para-hydroxylation sites is 1. The Morgan fingerprint density at radius 3 is 2.47 bits per heavy atom. The third kappa shape index (κ3) is 3.26. The molecule has 3 nitrogen and oxygen atoms in total. The molecular weight excluding hydrogens is 238 g/mol. The van der Waals surface area contributed by atoms with Gasteiger partial charge in [0.2, 0.25) is 0 Å². The van der Waals surface area contributed by atoms with E-state index in [1.54, 1.807) is 7.11 Å². The van der Waals surface area contributed by atoms with Crippen LogP contribution in [0.5, 0.6) is 11.5 Å². The van der Waals surface area contributed by atoms with Crippen LogP contribution in [0, 0.1) is 6.92 Å². The van der Waals surface area contributed by atoms with Crippen molar-refractivity contribution in [3.63, 3.8) is 0 Å². The lowest BCUT2D eigenvalue weighted by Gasteiger charge is -2.20. The molecule has 2 aromatic carbocycles. The first-order chi connectivity index (χ1) is 9.24. The maximum absolute atomic E-state index is 5.94. The fourth-order valence-corrected chi connectivity index (χ4v) is 2.01. The average Bonchev–Trinajstić information content (AvgIpc) is 2.46. The van der Waals surface area contributed by atoms with Gasteiger partial charge in [0.15, 0.2) is 0 Å². The zero-order chi connectivity index (χ0) is 13.7. The minimum absolute atomic E-state index is 0.211. The molecule has 2 aromatic rings. The normalized spacial score (nSPS) is 11.9. The van der Waals surface area contributed by atoms with Crippen LogP contribution in [0.2, 0.25) is 0 Å². The van der Waals surface area contributed by atoms with Crippen LogP contribution >= 0.6 is 0 Å². The van der Waals surface area contributed by atoms with Gasteiger partial charge >= 0.3 is 0 Å². The van der Waals surface area contributed by atoms with Crippen LogP contribution in [0.4, 0.5) is 0 Å². The van der Waals surface area contributed by atoms with Gasteiger partial charge in [0, 0.05) is 12.1 Å². The molecule has 3 heteroatoms. The monoisotopic (exact) mass is 257 g/mol. The van der Waals surface area contributed by atoms with Crippen LogP contribution in [0.3, 0.4) is 0 Å². The van der Waals surface area contributed by atoms with Gasteiger partial charge in [0.1, 0.15) is 17.6 Å². The molecule has 0 bridgehead atoms. The van der Waals surface area contributed by atoms with E-state index in [4.69, 9.17) is 15.2 Å². The molecule has 2 N–H and O–H groups in total. The summed E-state index contributed by atoms with van der Waals surface area (Å²) < 4.78 is 11.3. The minimum atomic E-state index is -0.211. The molecule has 100 valence electrons. The molecule has 0 saturated carbocycles. The van der Waals surface area contributed by atoms with Crippen molar-refractivity contribution < 1.29 is 9.47 Å². The third-order valence-corrected chi connectivity index (χ3v) is 2.97. The summed E-state index contributed by atoms with van der Waals surface area (Å²) in [7, 11) is 1.66. The molecule has 0 radical (unpaired) electrons. The SMILES string of the molecule is COc1ccc(C)cc1C(CN)Oc1ccccc1. The highest BCUT2D eigenvalue weighted by Crippen LogP contribution is 2.29. The highest BCUT2D eigenvalue weighted by molar-refractivity contribution is 5.39. The van der Waals surface area contributed by atoms with E-state index in [2.05, 4.69) is 6.07 Å². The Morgan fingerprint density at radius 1 is 1.11 bits per heavy atom. The largest absolute Gasteiger partial charge is 0.496 e. The zero-order valence-electron chi connectivity index (χ0n) is 11.3. The van der Waals surface area contributed by atoms with Gasteiger partial charge in [-0.15, -0.1) is 0 Å². The standard InChI is InChI=1S/C16H19NO2/c1-12-8-9-15(18-2)14(10-12)16(11-17)19-13-6-4-3-5-7-13/h3-10,16H,11,17H2,1-2H3. The van der Waals surface area contributed by atoms with Gasteiger partial charge in [-0.05, 0) is 31.2 Å². The molecule has 2 rings (SSSR count). The summed E-state index contributed by atoms with van der Waals surface area (Å²) in [5.41, 5.74) is 7.98. The zero-order valence-corrected chi connectivity index (χ0v) is 11.3. The van der Waals surface area contributed by atoms with Gasteiger partial charge in [-0.2, -0.15) is 0 Å². The van der Waals surface area contributed by atoms with E-state index in [1.807, 2.05) is 49.4 Å². The van der Waals surface area contributed by atoms with Crippen molar-refractivity contribution in [1.29, 1.82) is 0 Å². The van der Waals surface area contributed by atoms with E-state index in [0.717, 1.165) is 22.6 Å². The molecule has 0 spiro atoms. The smallest absolute Gasteiger partial charge is 0.139 e. The Balaban J connectivity index is 2.29. The molecule has 0 aliphatic heterocycles. The average molecular weight is 257 g/mol. The van der Waals surface area contributed by atoms with Crippen molar-refractivity contribution in [1.82, 2.24) is 0 Å². The van der Waals surface area contributed by atoms with Crippen LogP contribution in [-0.2, 0) is 0 Å². The lowest BCUT2D eigenvalue weighted by molar-refractivity contribution is 0.209. The third-order valence-electron chi connectivity index (χ3n) is 2.97. The highest BCUT2D eigenvalue weighted by atomic mass is 16.5. The van der Waals surface area contributed by atoms with Gasteiger partial charge in [-0.3, -0.25) is 0 Å². The summed E-state index contributed by atoms with van der Waals surface area (Å²) in [6.45, 7) is 2.44. The predicted octanol–water partition coefficient (Wildman–Crippen LogP) is 3.08. The number of aryl methyl sites for hydroxylation is 1. The summed E-state index contributed by atoms with van der Waals surface area (Å²) >= 11 is 0. The molecule has 0 saturated heterocycles. The van der Waals surface area contributed by atoms with Gasteiger partial charge in [0.25, 0.3) is 0 Å². The Hall–Kier alpha value is -2.00. The van der Waals surface area contributed by atoms with Crippen molar-refractivity contribution in [2.45, 2.75) is 13.0 Å². The molecule has 0 aliphatic carbocycles. The van der Waals surface area contributed by atoms with Crippen molar-refractivity contribution in [2.75, 3.05) is 13.7 Å². The number of ether oxygens (including phenoxy) is 2. The number of benzene rings is 2. The molecule has 1 unspecified atom stereocenters. The van der Waals surface area contributed by atoms with Gasteiger partial charge in [-0.25, -0.2) is 0 Å². The van der Waals surface area contributed by atoms with Crippen molar-refractivity contribution >= 4 is 0 Å². The molecular formula is C16H19NO2. The highest BCUT2D eigenvalue weighted by Gasteiger charge is 2.16. The second kappa shape index (κ2) is 6.25. The summed E-state index contributed by atoms with van der Waals surface area (Å²) in [4.78, 5) is 0. The van der Waals surface area contributed by atoms with Gasteiger partial charge in [-0.1, -0.05) is 29.8 Å². The topological polar surface area (TPSA) is 44.5 Å². The van der Waals surface area contributed by atoms with Crippen LogP contribution in [0.1, 0.15) is 17.2 Å². The number of hydrogen-bond donors (Lipinski definition) is 1. The van der Waals surface area contributed by atoms with E-state index in [-0.39, 0.29) is 6.10 Å². The number of nitrogens with two attached hydrogens (primary N) is 1. The molecule has 0 aromatic heterocycles. The summed E-state index contributed by atoms with van der Waals surface area (Å²) in [5.74, 6) is 1.61. The van der Waals surface area contributed by atoms with Crippen LogP contribution in [-0.4, -0.2) is 13.7 Å². The lowest BCUT2D eigenvalue weighted by atomic mass is 10.0. The molecule has 0 fully saturated rings. The number of rotatable bonds is 5. The molecule has 19 heavy (non-hydrogen) atoms. The van der Waals surface area contributed by atoms with Crippen molar-refractivity contribution in [3.8, 4) is 11.5 Å². The van der Waals surface area contributed by atoms with E-state index >= 15 is 0 Å². The maximum Gasteiger partial charge on any atom is 0.139 e. The Labute approximate surface area is 114 Å². The fourth-order valence-electron chi connectivity index (χ4n) is 2.01. The molecule has 1 atom stereocenters. The molecule has 0 amide bonds. The van der Waals surface area contributed by atoms with E-state index in [1.165, 1.54) is 0 Å². The Kier molecular flexibility index (Phi) is 4.42. The molecule has 0 aliphatic rings. The maximum atomic E-state index is 5.94. The fraction of sp³-hybridized carbons (Fsp3) is 0.250. The Bertz CT molecular complexity index is 526. The van der Waals surface area contributed by atoms with Crippen molar-refractivity contribution in [2.24, 2.45) is 5.73 Å². The number of methoxy groups -OCH3 is 1. The summed E-state index contributed by atoms with van der Waals surface area (Å²) in [6, 6.07) is 15.7. The van der Waals surface area contributed by atoms with Crippen molar-refractivity contribution in [3.05, 3.63) is 59.7 Å². The minimum Gasteiger partial charge on any atom is -0.496 e. The van der Waals surface area contributed by atoms with Crippen LogP contribution < -0.4 is 15.2 Å². The molecule has 0 heterocycles. The van der Waals surface area contributed by atoms with Crippen LogP contribution in [0.25, 0.3) is 0 Å². The first kappa shape index (κ1) is 13.4. The van der Waals surface area contributed by atoms with E-state index in [9.17, 15) is 0 Å². The van der Waals surface area contributed by atoms with Gasteiger partial charge in [0.05, 0.1) is 7.11 Å². The first-order valence-corrected chi connectivity index (χ1v) is 6.31. The summed E-state index contributed by atoms with van der Waals surface area (Å²) in [6.07, 6.45) is -0.211. The Morgan fingerprint density at radius 2 is 1.84 bits per heavy atom. The van der Waals surface area contributed by atoms with Gasteiger partial charge < -0.3 is 15.2 Å². The second-order valence-corrected chi connectivity index (χ2v) is 4.40. The lowest BCUT2D eigenvalue weighted by Crippen LogP contribution is -2.19.